The summed E-state index contributed by atoms with van der Waals surface area (Å²) in [5, 5.41) is 5.05. The molecule has 8 nitrogen and oxygen atoms in total. The number of thioether (sulfide) groups is 1. The van der Waals surface area contributed by atoms with Crippen molar-refractivity contribution in [3.05, 3.63) is 76.5 Å². The molecule has 1 fully saturated rings. The number of nitrogens with zero attached hydrogens (tertiary/aromatic N) is 5. The number of anilines is 1. The topological polar surface area (TPSA) is 78.8 Å². The molecule has 3 aromatic rings. The van der Waals surface area contributed by atoms with Crippen LogP contribution in [0.5, 0.6) is 0 Å². The molecule has 9 heteroatoms. The van der Waals surface area contributed by atoms with E-state index in [1.807, 2.05) is 35.9 Å². The predicted octanol–water partition coefficient (Wildman–Crippen LogP) is 4.65. The summed E-state index contributed by atoms with van der Waals surface area (Å²) in [4.78, 5) is 44.6. The first kappa shape index (κ1) is 28.9. The van der Waals surface area contributed by atoms with Crippen LogP contribution in [0, 0.1) is 13.8 Å². The van der Waals surface area contributed by atoms with Gasteiger partial charge >= 0.3 is 0 Å². The second-order valence-electron chi connectivity index (χ2n) is 12.1. The van der Waals surface area contributed by atoms with Crippen LogP contribution in [-0.4, -0.2) is 75.8 Å². The van der Waals surface area contributed by atoms with Gasteiger partial charge in [-0.15, -0.1) is 11.8 Å². The number of carbonyl (C=O) groups is 3. The van der Waals surface area contributed by atoms with Crippen LogP contribution in [0.4, 0.5) is 5.82 Å². The van der Waals surface area contributed by atoms with Crippen LogP contribution in [-0.2, 0) is 19.8 Å². The van der Waals surface area contributed by atoms with Gasteiger partial charge in [-0.25, -0.2) is 4.68 Å². The Bertz CT molecular complexity index is 1470. The lowest BCUT2D eigenvalue weighted by atomic mass is 9.87. The summed E-state index contributed by atoms with van der Waals surface area (Å²) in [6.07, 6.45) is 0. The minimum absolute atomic E-state index is 0.0142. The van der Waals surface area contributed by atoms with Crippen LogP contribution in [0.1, 0.15) is 60.9 Å². The standard InChI is InChI=1S/C32H39N5O3S/c1-21-10-12-25(13-11-21)37-31-28(30(33-37)32(4,5)6)29(24-9-7-8-22(2)18-24)41-20-27(40)36(31)19-26(39)35-16-14-34(15-17-35)23(3)38/h7-13,18,29H,14-17,19-20H2,1-6H3/t29-/m0/s1. The molecule has 0 bridgehead atoms. The van der Waals surface area contributed by atoms with Gasteiger partial charge in [-0.1, -0.05) is 68.3 Å². The predicted molar refractivity (Wildman–Crippen MR) is 164 cm³/mol. The molecule has 1 atom stereocenters. The summed E-state index contributed by atoms with van der Waals surface area (Å²) in [6.45, 7) is 13.9. The van der Waals surface area contributed by atoms with Gasteiger partial charge in [0, 0.05) is 44.1 Å². The third-order valence-corrected chi connectivity index (χ3v) is 9.05. The monoisotopic (exact) mass is 573 g/mol. The molecule has 0 radical (unpaired) electrons. The summed E-state index contributed by atoms with van der Waals surface area (Å²) >= 11 is 1.59. The van der Waals surface area contributed by atoms with Crippen LogP contribution in [0.3, 0.4) is 0 Å². The zero-order chi connectivity index (χ0) is 29.5. The number of rotatable bonds is 4. The van der Waals surface area contributed by atoms with Crippen LogP contribution < -0.4 is 4.90 Å². The van der Waals surface area contributed by atoms with E-state index in [2.05, 4.69) is 52.0 Å². The second kappa shape index (κ2) is 11.4. The molecular weight excluding hydrogens is 534 g/mol. The molecule has 5 rings (SSSR count). The quantitative estimate of drug-likeness (QED) is 0.454. The fourth-order valence-electron chi connectivity index (χ4n) is 5.54. The molecule has 2 aliphatic heterocycles. The highest BCUT2D eigenvalue weighted by Gasteiger charge is 2.40. The van der Waals surface area contributed by atoms with Crippen molar-refractivity contribution >= 4 is 35.3 Å². The van der Waals surface area contributed by atoms with Gasteiger partial charge in [-0.2, -0.15) is 5.10 Å². The van der Waals surface area contributed by atoms with Gasteiger partial charge in [-0.05, 0) is 31.5 Å². The number of hydrogen-bond donors (Lipinski definition) is 0. The Kier molecular flexibility index (Phi) is 8.01. The SMILES string of the molecule is CC(=O)N1CCN(C(=O)CN2C(=O)CS[C@@H](c3cccc(C)c3)c3c(C(C)(C)C)nn(-c4ccc(C)cc4)c32)CC1. The number of aromatic nitrogens is 2. The van der Waals surface area contributed by atoms with E-state index in [1.165, 1.54) is 0 Å². The van der Waals surface area contributed by atoms with Crippen LogP contribution in [0.15, 0.2) is 48.5 Å². The van der Waals surface area contributed by atoms with E-state index in [4.69, 9.17) is 5.10 Å². The van der Waals surface area contributed by atoms with E-state index in [-0.39, 0.29) is 40.7 Å². The first-order valence-electron chi connectivity index (χ1n) is 14.2. The fraction of sp³-hybridized carbons (Fsp3) is 0.438. The van der Waals surface area contributed by atoms with Crippen molar-refractivity contribution in [2.75, 3.05) is 43.4 Å². The fourth-order valence-corrected chi connectivity index (χ4v) is 6.73. The van der Waals surface area contributed by atoms with Crippen LogP contribution in [0.2, 0.25) is 0 Å². The van der Waals surface area contributed by atoms with Gasteiger partial charge in [0.05, 0.1) is 22.4 Å². The molecule has 3 amide bonds. The van der Waals surface area contributed by atoms with Crippen LogP contribution in [0.25, 0.3) is 5.69 Å². The Balaban J connectivity index is 1.65. The normalized spacial score (nSPS) is 17.9. The largest absolute Gasteiger partial charge is 0.339 e. The van der Waals surface area contributed by atoms with Crippen molar-refractivity contribution in [2.24, 2.45) is 0 Å². The number of fused-ring (bicyclic) bond motifs is 1. The molecule has 216 valence electrons. The van der Waals surface area contributed by atoms with Gasteiger partial charge in [-0.3, -0.25) is 19.3 Å². The number of piperazine rings is 1. The Morgan fingerprint density at radius 2 is 1.61 bits per heavy atom. The lowest BCUT2D eigenvalue weighted by molar-refractivity contribution is -0.137. The molecule has 0 unspecified atom stereocenters. The van der Waals surface area contributed by atoms with E-state index in [0.29, 0.717) is 32.0 Å². The number of hydrogen-bond acceptors (Lipinski definition) is 5. The Morgan fingerprint density at radius 1 is 0.951 bits per heavy atom. The number of benzene rings is 2. The molecule has 2 aliphatic rings. The van der Waals surface area contributed by atoms with Crippen molar-refractivity contribution in [3.8, 4) is 5.69 Å². The Labute approximate surface area is 246 Å². The van der Waals surface area contributed by atoms with Crippen molar-refractivity contribution < 1.29 is 14.4 Å². The smallest absolute Gasteiger partial charge is 0.242 e. The van der Waals surface area contributed by atoms with Crippen molar-refractivity contribution in [1.82, 2.24) is 19.6 Å². The molecule has 0 aliphatic carbocycles. The molecule has 2 aromatic carbocycles. The number of carbonyl (C=O) groups excluding carboxylic acids is 3. The van der Waals surface area contributed by atoms with Gasteiger partial charge in [0.25, 0.3) is 0 Å². The maximum absolute atomic E-state index is 13.9. The van der Waals surface area contributed by atoms with E-state index in [1.54, 1.807) is 33.4 Å². The maximum atomic E-state index is 13.9. The summed E-state index contributed by atoms with van der Waals surface area (Å²) in [5.41, 5.74) is 5.82. The van der Waals surface area contributed by atoms with Gasteiger partial charge in [0.2, 0.25) is 17.7 Å². The second-order valence-corrected chi connectivity index (χ2v) is 13.1. The Morgan fingerprint density at radius 3 is 2.22 bits per heavy atom. The summed E-state index contributed by atoms with van der Waals surface area (Å²) < 4.78 is 1.86. The number of amides is 3. The zero-order valence-electron chi connectivity index (χ0n) is 24.8. The molecule has 41 heavy (non-hydrogen) atoms. The molecule has 1 aromatic heterocycles. The van der Waals surface area contributed by atoms with Gasteiger partial charge < -0.3 is 9.80 Å². The van der Waals surface area contributed by atoms with Crippen molar-refractivity contribution in [1.29, 1.82) is 0 Å². The highest BCUT2D eigenvalue weighted by Crippen LogP contribution is 2.48. The Hall–Kier alpha value is -3.59. The third-order valence-electron chi connectivity index (χ3n) is 7.79. The average molecular weight is 574 g/mol. The minimum Gasteiger partial charge on any atom is -0.339 e. The summed E-state index contributed by atoms with van der Waals surface area (Å²) in [7, 11) is 0. The third kappa shape index (κ3) is 5.91. The first-order valence-corrected chi connectivity index (χ1v) is 15.2. The minimum atomic E-state index is -0.311. The van der Waals surface area contributed by atoms with E-state index >= 15 is 0 Å². The lowest BCUT2D eigenvalue weighted by Crippen LogP contribution is -2.53. The molecule has 0 saturated carbocycles. The highest BCUT2D eigenvalue weighted by atomic mass is 32.2. The van der Waals surface area contributed by atoms with E-state index in [9.17, 15) is 14.4 Å². The van der Waals surface area contributed by atoms with Crippen molar-refractivity contribution in [3.63, 3.8) is 0 Å². The van der Waals surface area contributed by atoms with E-state index < -0.39 is 0 Å². The van der Waals surface area contributed by atoms with Gasteiger partial charge in [0.15, 0.2) is 0 Å². The van der Waals surface area contributed by atoms with Crippen molar-refractivity contribution in [2.45, 2.75) is 52.2 Å². The molecule has 0 N–H and O–H groups in total. The average Bonchev–Trinajstić information content (AvgIpc) is 3.26. The number of aryl methyl sites for hydroxylation is 2. The van der Waals surface area contributed by atoms with Crippen LogP contribution >= 0.6 is 11.8 Å². The van der Waals surface area contributed by atoms with E-state index in [0.717, 1.165) is 33.6 Å². The zero-order valence-corrected chi connectivity index (χ0v) is 25.6. The molecular formula is C32H39N5O3S. The molecule has 0 spiro atoms. The summed E-state index contributed by atoms with van der Waals surface area (Å²) in [6, 6.07) is 16.5. The summed E-state index contributed by atoms with van der Waals surface area (Å²) in [5.74, 6) is 0.684. The molecule has 3 heterocycles. The maximum Gasteiger partial charge on any atom is 0.242 e. The highest BCUT2D eigenvalue weighted by molar-refractivity contribution is 8.00. The first-order chi connectivity index (χ1) is 19.4. The molecule has 1 saturated heterocycles. The van der Waals surface area contributed by atoms with Gasteiger partial charge in [0.1, 0.15) is 12.4 Å². The lowest BCUT2D eigenvalue weighted by Gasteiger charge is -2.35.